The lowest BCUT2D eigenvalue weighted by Gasteiger charge is -2.24. The van der Waals surface area contributed by atoms with Gasteiger partial charge in [-0.15, -0.1) is 0 Å². The number of aromatic nitrogens is 1. The van der Waals surface area contributed by atoms with Crippen molar-refractivity contribution in [1.29, 1.82) is 0 Å². The van der Waals surface area contributed by atoms with Crippen LogP contribution in [-0.2, 0) is 22.9 Å². The summed E-state index contributed by atoms with van der Waals surface area (Å²) in [5, 5.41) is 9.54. The summed E-state index contributed by atoms with van der Waals surface area (Å²) in [7, 11) is -3.32. The Balaban J connectivity index is 1.81. The summed E-state index contributed by atoms with van der Waals surface area (Å²) in [5.74, 6) is -0.874. The Morgan fingerprint density at radius 3 is 2.62 bits per heavy atom. The number of pyridine rings is 1. The molecule has 0 bridgehead atoms. The van der Waals surface area contributed by atoms with Crippen LogP contribution in [0.3, 0.4) is 0 Å². The van der Waals surface area contributed by atoms with Gasteiger partial charge in [-0.25, -0.2) is 13.2 Å². The third-order valence-corrected chi connectivity index (χ3v) is 7.39. The van der Waals surface area contributed by atoms with E-state index in [0.29, 0.717) is 37.2 Å². The van der Waals surface area contributed by atoms with E-state index in [0.717, 1.165) is 19.3 Å². The summed E-state index contributed by atoms with van der Waals surface area (Å²) >= 11 is 0. The number of nitrogens with zero attached hydrogens (tertiary/aromatic N) is 2. The largest absolute Gasteiger partial charge is 0.478 e. The van der Waals surface area contributed by atoms with E-state index in [2.05, 4.69) is 17.1 Å². The fraction of sp³-hybridized carbons (Fsp3) is 0.455. The number of benzene rings is 1. The molecule has 6 nitrogen and oxygen atoms in total. The molecule has 2 heterocycles. The zero-order valence-electron chi connectivity index (χ0n) is 16.8. The van der Waals surface area contributed by atoms with Gasteiger partial charge in [-0.2, -0.15) is 4.31 Å². The molecule has 1 N–H and O–H groups in total. The van der Waals surface area contributed by atoms with E-state index in [1.165, 1.54) is 5.56 Å². The number of aryl methyl sites for hydroxylation is 2. The Labute approximate surface area is 172 Å². The average Bonchev–Trinajstić information content (AvgIpc) is 3.19. The Morgan fingerprint density at radius 1 is 1.17 bits per heavy atom. The molecule has 7 heteroatoms. The van der Waals surface area contributed by atoms with Crippen molar-refractivity contribution in [2.24, 2.45) is 0 Å². The molecule has 1 saturated heterocycles. The second-order valence-electron chi connectivity index (χ2n) is 7.46. The lowest BCUT2D eigenvalue weighted by atomic mass is 10.0. The minimum absolute atomic E-state index is 0.126. The minimum Gasteiger partial charge on any atom is -0.478 e. The van der Waals surface area contributed by atoms with Crippen molar-refractivity contribution in [1.82, 2.24) is 9.29 Å². The molecule has 0 radical (unpaired) electrons. The average molecular weight is 417 g/mol. The van der Waals surface area contributed by atoms with Crippen LogP contribution in [-0.4, -0.2) is 41.1 Å². The fourth-order valence-corrected chi connectivity index (χ4v) is 5.70. The number of hydrogen-bond acceptors (Lipinski definition) is 4. The molecule has 0 amide bonds. The normalized spacial score (nSPS) is 17.5. The van der Waals surface area contributed by atoms with Crippen LogP contribution in [0.4, 0.5) is 0 Å². The molecule has 3 rings (SSSR count). The van der Waals surface area contributed by atoms with Gasteiger partial charge in [-0.1, -0.05) is 37.3 Å². The third kappa shape index (κ3) is 5.22. The van der Waals surface area contributed by atoms with Crippen LogP contribution in [0.5, 0.6) is 0 Å². The first-order chi connectivity index (χ1) is 13.9. The van der Waals surface area contributed by atoms with Crippen molar-refractivity contribution in [2.75, 3.05) is 12.3 Å². The first-order valence-electron chi connectivity index (χ1n) is 10.2. The lowest BCUT2D eigenvalue weighted by molar-refractivity contribution is 0.0695. The van der Waals surface area contributed by atoms with Gasteiger partial charge in [0.25, 0.3) is 0 Å². The number of sulfonamides is 1. The SMILES string of the molecule is CCCS(=O)(=O)N1CCC[C@@H]1c1ccc(C(=O)O)c(CCCc2ccccc2)n1. The van der Waals surface area contributed by atoms with Crippen LogP contribution in [0.15, 0.2) is 42.5 Å². The van der Waals surface area contributed by atoms with E-state index in [1.807, 2.05) is 25.1 Å². The number of aromatic carboxylic acids is 1. The van der Waals surface area contributed by atoms with E-state index in [-0.39, 0.29) is 17.4 Å². The molecule has 2 aromatic rings. The third-order valence-electron chi connectivity index (χ3n) is 5.31. The number of hydrogen-bond donors (Lipinski definition) is 1. The van der Waals surface area contributed by atoms with Crippen LogP contribution < -0.4 is 0 Å². The van der Waals surface area contributed by atoms with Gasteiger partial charge in [0.2, 0.25) is 10.0 Å². The predicted molar refractivity (Wildman–Crippen MR) is 112 cm³/mol. The molecule has 0 spiro atoms. The van der Waals surface area contributed by atoms with E-state index in [1.54, 1.807) is 16.4 Å². The quantitative estimate of drug-likeness (QED) is 0.671. The highest BCUT2D eigenvalue weighted by Crippen LogP contribution is 2.34. The molecule has 0 saturated carbocycles. The topological polar surface area (TPSA) is 87.6 Å². The summed E-state index contributed by atoms with van der Waals surface area (Å²) in [6.45, 7) is 2.35. The van der Waals surface area contributed by atoms with Gasteiger partial charge in [0.05, 0.1) is 28.7 Å². The summed E-state index contributed by atoms with van der Waals surface area (Å²) in [6.07, 6.45) is 4.24. The van der Waals surface area contributed by atoms with Crippen molar-refractivity contribution < 1.29 is 18.3 Å². The van der Waals surface area contributed by atoms with Gasteiger partial charge < -0.3 is 5.11 Å². The van der Waals surface area contributed by atoms with Crippen LogP contribution in [0.1, 0.15) is 66.0 Å². The van der Waals surface area contributed by atoms with E-state index in [4.69, 9.17) is 0 Å². The van der Waals surface area contributed by atoms with Crippen molar-refractivity contribution in [3.05, 3.63) is 65.0 Å². The predicted octanol–water partition coefficient (Wildman–Crippen LogP) is 3.83. The maximum Gasteiger partial charge on any atom is 0.337 e. The van der Waals surface area contributed by atoms with E-state index in [9.17, 15) is 18.3 Å². The van der Waals surface area contributed by atoms with E-state index >= 15 is 0 Å². The molecule has 0 aliphatic carbocycles. The van der Waals surface area contributed by atoms with Crippen molar-refractivity contribution >= 4 is 16.0 Å². The van der Waals surface area contributed by atoms with Crippen LogP contribution in [0.25, 0.3) is 0 Å². The molecule has 156 valence electrons. The Hall–Kier alpha value is -2.25. The molecule has 1 aromatic heterocycles. The molecular weight excluding hydrogens is 388 g/mol. The maximum atomic E-state index is 12.6. The molecule has 0 unspecified atom stereocenters. The van der Waals surface area contributed by atoms with Gasteiger partial charge in [-0.3, -0.25) is 4.98 Å². The summed E-state index contributed by atoms with van der Waals surface area (Å²) < 4.78 is 26.8. The highest BCUT2D eigenvalue weighted by Gasteiger charge is 2.35. The fourth-order valence-electron chi connectivity index (χ4n) is 3.94. The first-order valence-corrected chi connectivity index (χ1v) is 11.8. The Bertz CT molecular complexity index is 945. The maximum absolute atomic E-state index is 12.6. The van der Waals surface area contributed by atoms with Gasteiger partial charge in [-0.05, 0) is 56.2 Å². The lowest BCUT2D eigenvalue weighted by Crippen LogP contribution is -2.33. The monoisotopic (exact) mass is 416 g/mol. The van der Waals surface area contributed by atoms with Crippen LogP contribution in [0.2, 0.25) is 0 Å². The van der Waals surface area contributed by atoms with Gasteiger partial charge in [0, 0.05) is 6.54 Å². The number of carboxylic acid groups (broad SMARTS) is 1. The van der Waals surface area contributed by atoms with Crippen molar-refractivity contribution in [3.63, 3.8) is 0 Å². The smallest absolute Gasteiger partial charge is 0.337 e. The molecule has 1 fully saturated rings. The van der Waals surface area contributed by atoms with Gasteiger partial charge in [0.15, 0.2) is 0 Å². The minimum atomic E-state index is -3.32. The second-order valence-corrected chi connectivity index (χ2v) is 9.50. The highest BCUT2D eigenvalue weighted by molar-refractivity contribution is 7.89. The Kier molecular flexibility index (Phi) is 7.03. The molecular formula is C22H28N2O4S. The van der Waals surface area contributed by atoms with Crippen LogP contribution in [0, 0.1) is 0 Å². The molecule has 29 heavy (non-hydrogen) atoms. The number of carbonyl (C=O) groups is 1. The molecule has 1 aliphatic heterocycles. The number of rotatable bonds is 9. The zero-order valence-corrected chi connectivity index (χ0v) is 17.6. The molecule has 1 atom stereocenters. The summed E-state index contributed by atoms with van der Waals surface area (Å²) in [6, 6.07) is 13.0. The van der Waals surface area contributed by atoms with Gasteiger partial charge in [0.1, 0.15) is 0 Å². The van der Waals surface area contributed by atoms with Crippen LogP contribution >= 0.6 is 0 Å². The Morgan fingerprint density at radius 2 is 1.93 bits per heavy atom. The van der Waals surface area contributed by atoms with E-state index < -0.39 is 16.0 Å². The number of carboxylic acids is 1. The second kappa shape index (κ2) is 9.50. The summed E-state index contributed by atoms with van der Waals surface area (Å²) in [5.41, 5.74) is 2.59. The molecule has 1 aromatic carbocycles. The highest BCUT2D eigenvalue weighted by atomic mass is 32.2. The first kappa shape index (κ1) is 21.5. The zero-order chi connectivity index (χ0) is 20.9. The van der Waals surface area contributed by atoms with Crippen molar-refractivity contribution in [2.45, 2.75) is 51.5 Å². The van der Waals surface area contributed by atoms with Crippen molar-refractivity contribution in [3.8, 4) is 0 Å². The summed E-state index contributed by atoms with van der Waals surface area (Å²) in [4.78, 5) is 16.3. The van der Waals surface area contributed by atoms with Gasteiger partial charge >= 0.3 is 5.97 Å². The standard InChI is InChI=1S/C22H28N2O4S/c1-2-16-29(27,28)24-15-7-12-21(24)20-14-13-18(22(25)26)19(23-20)11-6-10-17-8-4-3-5-9-17/h3-5,8-9,13-14,21H,2,6-7,10-12,15-16H2,1H3,(H,25,26)/t21-/m1/s1. The molecule has 1 aliphatic rings.